The zero-order valence-corrected chi connectivity index (χ0v) is 10.0. The molecule has 1 N–H and O–H groups in total. The molecule has 86 valence electrons. The minimum Gasteiger partial charge on any atom is -0.370 e. The molecule has 1 aromatic heterocycles. The Labute approximate surface area is 101 Å². The lowest BCUT2D eigenvalue weighted by Crippen LogP contribution is -2.06. The molecule has 0 radical (unpaired) electrons. The minimum atomic E-state index is 0.558. The van der Waals surface area contributed by atoms with Crippen molar-refractivity contribution >= 4 is 17.4 Å². The molecule has 2 saturated carbocycles. The van der Waals surface area contributed by atoms with Crippen LogP contribution in [0.1, 0.15) is 43.8 Å². The summed E-state index contributed by atoms with van der Waals surface area (Å²) in [5.41, 5.74) is 0. The van der Waals surface area contributed by atoms with Crippen LogP contribution in [0.2, 0.25) is 5.15 Å². The summed E-state index contributed by atoms with van der Waals surface area (Å²) < 4.78 is 0. The van der Waals surface area contributed by atoms with Gasteiger partial charge in [0.1, 0.15) is 16.8 Å². The number of nitrogens with zero attached hydrogens (tertiary/aromatic N) is 2. The maximum atomic E-state index is 5.98. The van der Waals surface area contributed by atoms with E-state index in [1.54, 1.807) is 0 Å². The van der Waals surface area contributed by atoms with E-state index in [9.17, 15) is 0 Å². The van der Waals surface area contributed by atoms with E-state index >= 15 is 0 Å². The number of hydrogen-bond acceptors (Lipinski definition) is 3. The Kier molecular flexibility index (Phi) is 2.72. The fourth-order valence-corrected chi connectivity index (χ4v) is 2.05. The molecule has 0 aromatic carbocycles. The second-order valence-corrected chi connectivity index (χ2v) is 5.25. The summed E-state index contributed by atoms with van der Waals surface area (Å²) in [7, 11) is 0. The fourth-order valence-electron chi connectivity index (χ4n) is 1.86. The van der Waals surface area contributed by atoms with Gasteiger partial charge in [-0.25, -0.2) is 9.97 Å². The number of hydrogen-bond donors (Lipinski definition) is 1. The maximum Gasteiger partial charge on any atom is 0.135 e. The molecular weight excluding hydrogens is 222 g/mol. The van der Waals surface area contributed by atoms with Gasteiger partial charge < -0.3 is 5.32 Å². The predicted molar refractivity (Wildman–Crippen MR) is 64.8 cm³/mol. The van der Waals surface area contributed by atoms with Gasteiger partial charge in [-0.15, -0.1) is 0 Å². The van der Waals surface area contributed by atoms with E-state index in [1.165, 1.54) is 32.1 Å². The Morgan fingerprint density at radius 2 is 2.06 bits per heavy atom. The minimum absolute atomic E-state index is 0.558. The highest BCUT2D eigenvalue weighted by Gasteiger charge is 2.27. The summed E-state index contributed by atoms with van der Waals surface area (Å²) in [6, 6.07) is 1.82. The van der Waals surface area contributed by atoms with Crippen molar-refractivity contribution in [3.8, 4) is 0 Å². The normalized spacial score (nSPS) is 19.8. The van der Waals surface area contributed by atoms with E-state index in [4.69, 9.17) is 11.6 Å². The van der Waals surface area contributed by atoms with Gasteiger partial charge in [0.15, 0.2) is 0 Å². The lowest BCUT2D eigenvalue weighted by molar-refractivity contribution is 0.756. The van der Waals surface area contributed by atoms with E-state index in [0.717, 1.165) is 24.1 Å². The van der Waals surface area contributed by atoms with Crippen molar-refractivity contribution in [2.75, 3.05) is 11.9 Å². The van der Waals surface area contributed by atoms with Crippen molar-refractivity contribution in [3.63, 3.8) is 0 Å². The van der Waals surface area contributed by atoms with Gasteiger partial charge in [0.25, 0.3) is 0 Å². The van der Waals surface area contributed by atoms with Gasteiger partial charge in [0.2, 0.25) is 0 Å². The quantitative estimate of drug-likeness (QED) is 0.799. The third-order valence-electron chi connectivity index (χ3n) is 3.21. The predicted octanol–water partition coefficient (Wildman–Crippen LogP) is 3.22. The Balaban J connectivity index is 1.62. The van der Waals surface area contributed by atoms with Crippen LogP contribution in [0.4, 0.5) is 5.82 Å². The number of nitrogens with one attached hydrogen (secondary N) is 1. The first-order valence-corrected chi connectivity index (χ1v) is 6.47. The van der Waals surface area contributed by atoms with Crippen molar-refractivity contribution in [2.45, 2.75) is 38.0 Å². The molecule has 2 fully saturated rings. The summed E-state index contributed by atoms with van der Waals surface area (Å²) in [5.74, 6) is 3.32. The first kappa shape index (κ1) is 10.3. The largest absolute Gasteiger partial charge is 0.370 e. The van der Waals surface area contributed by atoms with Crippen LogP contribution in [-0.2, 0) is 0 Å². The Hall–Kier alpha value is -0.830. The molecule has 0 unspecified atom stereocenters. The van der Waals surface area contributed by atoms with Gasteiger partial charge in [-0.2, -0.15) is 0 Å². The molecule has 1 aromatic rings. The summed E-state index contributed by atoms with van der Waals surface area (Å²) in [6.45, 7) is 1.00. The standard InChI is InChI=1S/C12H16ClN3/c13-10-7-11(14-6-5-8-1-2-8)16-12(15-10)9-3-4-9/h7-9H,1-6H2,(H,14,15,16). The highest BCUT2D eigenvalue weighted by atomic mass is 35.5. The van der Waals surface area contributed by atoms with E-state index < -0.39 is 0 Å². The van der Waals surface area contributed by atoms with Gasteiger partial charge in [-0.05, 0) is 25.2 Å². The number of rotatable bonds is 5. The molecule has 4 heteroatoms. The molecule has 0 bridgehead atoms. The van der Waals surface area contributed by atoms with Gasteiger partial charge in [0.05, 0.1) is 0 Å². The first-order valence-electron chi connectivity index (χ1n) is 6.09. The highest BCUT2D eigenvalue weighted by Crippen LogP contribution is 2.38. The third kappa shape index (κ3) is 2.64. The van der Waals surface area contributed by atoms with Crippen LogP contribution in [0.5, 0.6) is 0 Å². The summed E-state index contributed by atoms with van der Waals surface area (Å²) in [4.78, 5) is 8.77. The van der Waals surface area contributed by atoms with Crippen LogP contribution >= 0.6 is 11.6 Å². The monoisotopic (exact) mass is 237 g/mol. The topological polar surface area (TPSA) is 37.8 Å². The van der Waals surface area contributed by atoms with Gasteiger partial charge >= 0.3 is 0 Å². The van der Waals surface area contributed by atoms with E-state index in [2.05, 4.69) is 15.3 Å². The van der Waals surface area contributed by atoms with Crippen LogP contribution in [0, 0.1) is 5.92 Å². The van der Waals surface area contributed by atoms with Gasteiger partial charge in [-0.3, -0.25) is 0 Å². The van der Waals surface area contributed by atoms with Crippen molar-refractivity contribution in [3.05, 3.63) is 17.0 Å². The third-order valence-corrected chi connectivity index (χ3v) is 3.40. The van der Waals surface area contributed by atoms with Crippen LogP contribution in [-0.4, -0.2) is 16.5 Å². The van der Waals surface area contributed by atoms with Crippen LogP contribution in [0.15, 0.2) is 6.07 Å². The SMILES string of the molecule is Clc1cc(NCCC2CC2)nc(C2CC2)n1. The molecule has 0 aliphatic heterocycles. The zero-order valence-electron chi connectivity index (χ0n) is 9.25. The van der Waals surface area contributed by atoms with Crippen molar-refractivity contribution < 1.29 is 0 Å². The number of halogens is 1. The molecule has 2 aliphatic rings. The van der Waals surface area contributed by atoms with Crippen LogP contribution < -0.4 is 5.32 Å². The Morgan fingerprint density at radius 3 is 2.75 bits per heavy atom. The summed E-state index contributed by atoms with van der Waals surface area (Å²) in [6.07, 6.45) is 6.48. The molecule has 16 heavy (non-hydrogen) atoms. The first-order chi connectivity index (χ1) is 7.81. The van der Waals surface area contributed by atoms with Crippen molar-refractivity contribution in [2.24, 2.45) is 5.92 Å². The van der Waals surface area contributed by atoms with Gasteiger partial charge in [0, 0.05) is 18.5 Å². The van der Waals surface area contributed by atoms with E-state index in [0.29, 0.717) is 11.1 Å². The highest BCUT2D eigenvalue weighted by molar-refractivity contribution is 6.29. The summed E-state index contributed by atoms with van der Waals surface area (Å²) >= 11 is 5.98. The molecule has 0 amide bonds. The molecular formula is C12H16ClN3. The lowest BCUT2D eigenvalue weighted by Gasteiger charge is -2.06. The molecule has 0 atom stereocenters. The van der Waals surface area contributed by atoms with Crippen LogP contribution in [0.25, 0.3) is 0 Å². The molecule has 0 saturated heterocycles. The average Bonchev–Trinajstić information content (AvgIpc) is 3.12. The Bertz CT molecular complexity index is 386. The maximum absolute atomic E-state index is 5.98. The van der Waals surface area contributed by atoms with Crippen LogP contribution in [0.3, 0.4) is 0 Å². The Morgan fingerprint density at radius 1 is 1.25 bits per heavy atom. The molecule has 3 nitrogen and oxygen atoms in total. The average molecular weight is 238 g/mol. The second kappa shape index (κ2) is 4.21. The zero-order chi connectivity index (χ0) is 11.0. The number of aromatic nitrogens is 2. The van der Waals surface area contributed by atoms with E-state index in [-0.39, 0.29) is 0 Å². The van der Waals surface area contributed by atoms with Crippen molar-refractivity contribution in [1.82, 2.24) is 9.97 Å². The van der Waals surface area contributed by atoms with E-state index in [1.807, 2.05) is 6.07 Å². The van der Waals surface area contributed by atoms with Crippen molar-refractivity contribution in [1.29, 1.82) is 0 Å². The van der Waals surface area contributed by atoms with Gasteiger partial charge in [-0.1, -0.05) is 24.4 Å². The number of anilines is 1. The molecule has 2 aliphatic carbocycles. The molecule has 0 spiro atoms. The lowest BCUT2D eigenvalue weighted by atomic mass is 10.3. The molecule has 1 heterocycles. The second-order valence-electron chi connectivity index (χ2n) is 4.87. The molecule has 3 rings (SSSR count). The fraction of sp³-hybridized carbons (Fsp3) is 0.667. The smallest absolute Gasteiger partial charge is 0.135 e. The summed E-state index contributed by atoms with van der Waals surface area (Å²) in [5, 5.41) is 3.91.